The zero-order valence-electron chi connectivity index (χ0n) is 17.7. The van der Waals surface area contributed by atoms with Crippen molar-refractivity contribution in [2.24, 2.45) is 4.99 Å². The van der Waals surface area contributed by atoms with Gasteiger partial charge in [-0.1, -0.05) is 12.2 Å². The van der Waals surface area contributed by atoms with Gasteiger partial charge in [0.05, 0.1) is 12.1 Å². The Morgan fingerprint density at radius 3 is 2.69 bits per heavy atom. The number of carbonyl (C=O) groups is 1. The molecular weight excluding hydrogens is 403 g/mol. The van der Waals surface area contributed by atoms with Gasteiger partial charge in [-0.05, 0) is 72.0 Å². The van der Waals surface area contributed by atoms with Crippen molar-refractivity contribution in [1.29, 1.82) is 0 Å². The maximum absolute atomic E-state index is 13.8. The lowest BCUT2D eigenvalue weighted by molar-refractivity contribution is -0.113. The molecule has 1 fully saturated rings. The van der Waals surface area contributed by atoms with Crippen LogP contribution in [0.4, 0.5) is 4.39 Å². The number of nitrogens with zero attached hydrogens (tertiary/aromatic N) is 2. The maximum Gasteiger partial charge on any atom is 0.160 e. The summed E-state index contributed by atoms with van der Waals surface area (Å²) in [5, 5.41) is 1.12. The highest BCUT2D eigenvalue weighted by atomic mass is 19.1. The van der Waals surface area contributed by atoms with Crippen molar-refractivity contribution in [2.75, 3.05) is 13.2 Å². The van der Waals surface area contributed by atoms with E-state index >= 15 is 0 Å². The summed E-state index contributed by atoms with van der Waals surface area (Å²) in [5.41, 5.74) is 7.54. The number of aromatic nitrogens is 1. The minimum Gasteiger partial charge on any atom is -0.381 e. The second-order valence-corrected chi connectivity index (χ2v) is 8.67. The molecule has 0 bridgehead atoms. The molecule has 0 spiro atoms. The molecule has 3 aromatic rings. The second kappa shape index (κ2) is 7.68. The lowest BCUT2D eigenvalue weighted by Gasteiger charge is -2.26. The zero-order valence-corrected chi connectivity index (χ0v) is 17.7. The van der Waals surface area contributed by atoms with Crippen LogP contribution in [0.2, 0.25) is 0 Å². The molecule has 0 radical (unpaired) electrons. The molecule has 0 unspecified atom stereocenters. The molecule has 0 atom stereocenters. The van der Waals surface area contributed by atoms with E-state index in [1.807, 2.05) is 24.4 Å². The molecule has 2 aliphatic heterocycles. The number of fused-ring (bicyclic) bond motifs is 2. The molecule has 3 heterocycles. The van der Waals surface area contributed by atoms with Gasteiger partial charge in [0.25, 0.3) is 0 Å². The van der Waals surface area contributed by atoms with Gasteiger partial charge in [0.2, 0.25) is 0 Å². The Labute approximate surface area is 185 Å². The average molecular weight is 426 g/mol. The predicted octanol–water partition coefficient (Wildman–Crippen LogP) is 5.51. The van der Waals surface area contributed by atoms with Gasteiger partial charge in [0.15, 0.2) is 5.78 Å². The van der Waals surface area contributed by atoms with E-state index < -0.39 is 0 Å². The van der Waals surface area contributed by atoms with Gasteiger partial charge in [-0.2, -0.15) is 0 Å². The molecule has 6 rings (SSSR count). The van der Waals surface area contributed by atoms with Crippen molar-refractivity contribution in [1.82, 2.24) is 4.57 Å². The number of aliphatic imine (C=N–C) groups is 1. The fourth-order valence-corrected chi connectivity index (χ4v) is 5.18. The van der Waals surface area contributed by atoms with Crippen molar-refractivity contribution in [3.63, 3.8) is 0 Å². The van der Waals surface area contributed by atoms with Gasteiger partial charge >= 0.3 is 0 Å². The Bertz CT molecular complexity index is 1320. The standard InChI is InChI=1S/C27H23FN2O2/c28-21-4-6-22(7-5-21)30-25-14-20-16-29-15-19(20)13-24(25)26(18-2-1-3-23(31)12-18)27(30)17-8-10-32-11-9-17/h1-2,4-7,12-14,16-17H,3,8-11,15H2. The quantitative estimate of drug-likeness (QED) is 0.554. The number of ketones is 1. The molecule has 0 N–H and O–H groups in total. The minimum atomic E-state index is -0.255. The number of ether oxygens (including phenoxy) is 1. The summed E-state index contributed by atoms with van der Waals surface area (Å²) in [5.74, 6) is 0.147. The van der Waals surface area contributed by atoms with Crippen LogP contribution in [-0.4, -0.2) is 29.8 Å². The summed E-state index contributed by atoms with van der Waals surface area (Å²) in [4.78, 5) is 16.8. The third kappa shape index (κ3) is 3.16. The van der Waals surface area contributed by atoms with Gasteiger partial charge in [0.1, 0.15) is 5.82 Å². The van der Waals surface area contributed by atoms with Crippen molar-refractivity contribution in [3.05, 3.63) is 82.8 Å². The highest BCUT2D eigenvalue weighted by Crippen LogP contribution is 2.43. The highest BCUT2D eigenvalue weighted by Gasteiger charge is 2.29. The Balaban J connectivity index is 1.71. The summed E-state index contributed by atoms with van der Waals surface area (Å²) in [6.07, 6.45) is 9.98. The molecule has 3 aliphatic rings. The monoisotopic (exact) mass is 426 g/mol. The van der Waals surface area contributed by atoms with Crippen LogP contribution < -0.4 is 0 Å². The number of benzene rings is 2. The third-order valence-corrected chi connectivity index (χ3v) is 6.67. The van der Waals surface area contributed by atoms with Gasteiger partial charge in [-0.15, -0.1) is 0 Å². The minimum absolute atomic E-state index is 0.118. The van der Waals surface area contributed by atoms with Gasteiger partial charge in [-0.25, -0.2) is 4.39 Å². The van der Waals surface area contributed by atoms with E-state index in [4.69, 9.17) is 4.74 Å². The number of carbonyl (C=O) groups excluding carboxylic acids is 1. The van der Waals surface area contributed by atoms with Gasteiger partial charge in [0, 0.05) is 54.1 Å². The van der Waals surface area contributed by atoms with Crippen LogP contribution in [0.3, 0.4) is 0 Å². The first-order valence-corrected chi connectivity index (χ1v) is 11.2. The summed E-state index contributed by atoms with van der Waals surface area (Å²) < 4.78 is 21.7. The fraction of sp³-hybridized carbons (Fsp3) is 0.259. The van der Waals surface area contributed by atoms with Gasteiger partial charge in [-0.3, -0.25) is 9.79 Å². The number of allylic oxidation sites excluding steroid dienone is 4. The lowest BCUT2D eigenvalue weighted by Crippen LogP contribution is -2.18. The second-order valence-electron chi connectivity index (χ2n) is 8.67. The molecular formula is C27H23FN2O2. The Hall–Kier alpha value is -3.31. The molecule has 1 saturated heterocycles. The van der Waals surface area contributed by atoms with E-state index in [2.05, 4.69) is 27.8 Å². The summed E-state index contributed by atoms with van der Waals surface area (Å²) in [6, 6.07) is 11.1. The first kappa shape index (κ1) is 19.4. The summed E-state index contributed by atoms with van der Waals surface area (Å²) >= 11 is 0. The number of halogens is 1. The largest absolute Gasteiger partial charge is 0.381 e. The van der Waals surface area contributed by atoms with Crippen molar-refractivity contribution in [2.45, 2.75) is 31.7 Å². The number of hydrogen-bond acceptors (Lipinski definition) is 3. The lowest BCUT2D eigenvalue weighted by atomic mass is 9.88. The zero-order chi connectivity index (χ0) is 21.7. The van der Waals surface area contributed by atoms with E-state index in [9.17, 15) is 9.18 Å². The number of rotatable bonds is 3. The highest BCUT2D eigenvalue weighted by molar-refractivity contribution is 6.08. The summed E-state index contributed by atoms with van der Waals surface area (Å²) in [6.45, 7) is 2.10. The molecule has 1 aromatic heterocycles. The molecule has 1 aliphatic carbocycles. The van der Waals surface area contributed by atoms with Crippen LogP contribution in [0.1, 0.15) is 47.6 Å². The van der Waals surface area contributed by atoms with Crippen LogP contribution in [0.5, 0.6) is 0 Å². The Morgan fingerprint density at radius 2 is 1.91 bits per heavy atom. The van der Waals surface area contributed by atoms with Crippen LogP contribution in [0.15, 0.2) is 59.6 Å². The molecule has 5 heteroatoms. The van der Waals surface area contributed by atoms with E-state index in [1.54, 1.807) is 6.08 Å². The molecule has 0 saturated carbocycles. The number of hydrogen-bond donors (Lipinski definition) is 0. The van der Waals surface area contributed by atoms with Crippen LogP contribution >= 0.6 is 0 Å². The fourth-order valence-electron chi connectivity index (χ4n) is 5.18. The summed E-state index contributed by atoms with van der Waals surface area (Å²) in [7, 11) is 0. The first-order chi connectivity index (χ1) is 15.7. The van der Waals surface area contributed by atoms with Crippen LogP contribution in [0.25, 0.3) is 22.2 Å². The first-order valence-electron chi connectivity index (χ1n) is 11.2. The van der Waals surface area contributed by atoms with E-state index in [1.165, 1.54) is 23.4 Å². The smallest absolute Gasteiger partial charge is 0.160 e. The SMILES string of the molecule is O=C1C=C(c2c(C3CCOCC3)n(-c3ccc(F)cc3)c3cc4c(cc23)CN=C4)C=CC1. The van der Waals surface area contributed by atoms with Crippen molar-refractivity contribution >= 4 is 28.5 Å². The molecule has 2 aromatic carbocycles. The average Bonchev–Trinajstić information content (AvgIpc) is 3.40. The van der Waals surface area contributed by atoms with E-state index in [0.29, 0.717) is 26.2 Å². The Kier molecular flexibility index (Phi) is 4.65. The van der Waals surface area contributed by atoms with Crippen LogP contribution in [0, 0.1) is 5.82 Å². The normalized spacial score (nSPS) is 18.4. The Morgan fingerprint density at radius 1 is 1.09 bits per heavy atom. The molecule has 4 nitrogen and oxygen atoms in total. The molecule has 32 heavy (non-hydrogen) atoms. The van der Waals surface area contributed by atoms with E-state index in [-0.39, 0.29) is 17.5 Å². The molecule has 160 valence electrons. The topological polar surface area (TPSA) is 43.6 Å². The van der Waals surface area contributed by atoms with Crippen molar-refractivity contribution < 1.29 is 13.9 Å². The van der Waals surface area contributed by atoms with Crippen LogP contribution in [-0.2, 0) is 16.1 Å². The molecule has 0 amide bonds. The maximum atomic E-state index is 13.8. The predicted molar refractivity (Wildman–Crippen MR) is 124 cm³/mol. The van der Waals surface area contributed by atoms with Gasteiger partial charge < -0.3 is 9.30 Å². The van der Waals surface area contributed by atoms with Crippen molar-refractivity contribution in [3.8, 4) is 5.69 Å². The van der Waals surface area contributed by atoms with E-state index in [0.717, 1.165) is 46.1 Å². The third-order valence-electron chi connectivity index (χ3n) is 6.67.